The lowest BCUT2D eigenvalue weighted by molar-refractivity contribution is 0.174. The Balaban J connectivity index is 2.13. The smallest absolute Gasteiger partial charge is 0.231 e. The van der Waals surface area contributed by atoms with Gasteiger partial charge in [0.1, 0.15) is 11.5 Å². The minimum Gasteiger partial charge on any atom is -0.497 e. The summed E-state index contributed by atoms with van der Waals surface area (Å²) in [5.74, 6) is 2.72. The quantitative estimate of drug-likeness (QED) is 0.602. The van der Waals surface area contributed by atoms with Gasteiger partial charge in [0.2, 0.25) is 6.79 Å². The van der Waals surface area contributed by atoms with Crippen LogP contribution in [0.5, 0.6) is 11.5 Å². The maximum Gasteiger partial charge on any atom is 0.231 e. The maximum atomic E-state index is 5.32. The Kier molecular flexibility index (Phi) is 4.13. The summed E-state index contributed by atoms with van der Waals surface area (Å²) in [6, 6.07) is 5.74. The molecule has 0 fully saturated rings. The van der Waals surface area contributed by atoms with E-state index in [1.165, 1.54) is 0 Å². The van der Waals surface area contributed by atoms with Gasteiger partial charge in [-0.2, -0.15) is 0 Å². The van der Waals surface area contributed by atoms with Gasteiger partial charge in [-0.1, -0.05) is 18.7 Å². The Morgan fingerprint density at radius 2 is 2.00 bits per heavy atom. The predicted molar refractivity (Wildman–Crippen MR) is 72.8 cm³/mol. The molecule has 1 aromatic rings. The second kappa shape index (κ2) is 6.00. The van der Waals surface area contributed by atoms with Crippen LogP contribution in [0.3, 0.4) is 0 Å². The van der Waals surface area contributed by atoms with Crippen molar-refractivity contribution in [2.24, 2.45) is 0 Å². The summed E-state index contributed by atoms with van der Waals surface area (Å²) >= 11 is 0. The van der Waals surface area contributed by atoms with E-state index in [9.17, 15) is 0 Å². The van der Waals surface area contributed by atoms with Crippen molar-refractivity contribution >= 4 is 6.08 Å². The van der Waals surface area contributed by atoms with Crippen LogP contribution < -0.4 is 9.47 Å². The van der Waals surface area contributed by atoms with Crippen LogP contribution in [0.15, 0.2) is 48.4 Å². The first-order chi connectivity index (χ1) is 9.22. The van der Waals surface area contributed by atoms with Crippen LogP contribution in [0.1, 0.15) is 5.56 Å². The molecule has 1 aliphatic heterocycles. The van der Waals surface area contributed by atoms with Crippen LogP contribution in [0, 0.1) is 0 Å². The van der Waals surface area contributed by atoms with Crippen molar-refractivity contribution < 1.29 is 18.9 Å². The fourth-order valence-electron chi connectivity index (χ4n) is 1.59. The number of fused-ring (bicyclic) bond motifs is 1. The van der Waals surface area contributed by atoms with Crippen molar-refractivity contribution in [3.05, 3.63) is 54.0 Å². The third kappa shape index (κ3) is 3.31. The zero-order chi connectivity index (χ0) is 13.7. The van der Waals surface area contributed by atoms with Gasteiger partial charge in [0.15, 0.2) is 11.5 Å². The van der Waals surface area contributed by atoms with E-state index in [4.69, 9.17) is 18.9 Å². The molecule has 0 aliphatic carbocycles. The first kappa shape index (κ1) is 13.1. The molecule has 0 aromatic heterocycles. The molecule has 19 heavy (non-hydrogen) atoms. The number of hydrogen-bond donors (Lipinski definition) is 0. The second-order valence-corrected chi connectivity index (χ2v) is 3.87. The first-order valence-electron chi connectivity index (χ1n) is 5.79. The molecule has 0 spiro atoms. The van der Waals surface area contributed by atoms with E-state index in [1.807, 2.05) is 30.4 Å². The van der Waals surface area contributed by atoms with Crippen LogP contribution in [-0.4, -0.2) is 21.0 Å². The number of benzene rings is 1. The number of methoxy groups -OCH3 is 2. The summed E-state index contributed by atoms with van der Waals surface area (Å²) in [5.41, 5.74) is 0.996. The zero-order valence-electron chi connectivity index (χ0n) is 11.0. The second-order valence-electron chi connectivity index (χ2n) is 3.87. The van der Waals surface area contributed by atoms with Gasteiger partial charge in [-0.05, 0) is 23.8 Å². The predicted octanol–water partition coefficient (Wildman–Crippen LogP) is 3.12. The van der Waals surface area contributed by atoms with E-state index >= 15 is 0 Å². The number of allylic oxidation sites excluding steroid dienone is 2. The highest BCUT2D eigenvalue weighted by atomic mass is 16.7. The molecule has 1 aromatic carbocycles. The van der Waals surface area contributed by atoms with Crippen molar-refractivity contribution in [1.82, 2.24) is 0 Å². The highest BCUT2D eigenvalue weighted by molar-refractivity contribution is 5.58. The minimum absolute atomic E-state index is 0.277. The average molecular weight is 260 g/mol. The van der Waals surface area contributed by atoms with Crippen molar-refractivity contribution in [3.8, 4) is 11.5 Å². The molecular formula is C15H16O4. The number of hydrogen-bond acceptors (Lipinski definition) is 4. The fraction of sp³-hybridized carbons (Fsp3) is 0.200. The Morgan fingerprint density at radius 1 is 1.21 bits per heavy atom. The fourth-order valence-corrected chi connectivity index (χ4v) is 1.59. The topological polar surface area (TPSA) is 36.9 Å². The third-order valence-corrected chi connectivity index (χ3v) is 2.64. The zero-order valence-corrected chi connectivity index (χ0v) is 11.0. The Bertz CT molecular complexity index is 529. The van der Waals surface area contributed by atoms with Crippen LogP contribution in [-0.2, 0) is 9.47 Å². The summed E-state index contributed by atoms with van der Waals surface area (Å²) in [4.78, 5) is 0. The molecule has 2 rings (SSSR count). The number of rotatable bonds is 5. The van der Waals surface area contributed by atoms with Gasteiger partial charge in [0.05, 0.1) is 14.2 Å². The Hall–Kier alpha value is -2.36. The maximum absolute atomic E-state index is 5.32. The molecule has 0 bridgehead atoms. The third-order valence-electron chi connectivity index (χ3n) is 2.64. The standard InChI is InChI=1S/C15H16O4/c1-11(16-2)8-13(17-3)6-4-12-5-7-14-15(9-12)19-10-18-14/h4-9H,1,10H2,2-3H3/b6-4+,13-8-. The van der Waals surface area contributed by atoms with Gasteiger partial charge >= 0.3 is 0 Å². The molecule has 1 aliphatic rings. The summed E-state index contributed by atoms with van der Waals surface area (Å²) in [6.45, 7) is 3.99. The molecule has 1 heterocycles. The molecule has 4 heteroatoms. The van der Waals surface area contributed by atoms with E-state index in [2.05, 4.69) is 6.58 Å². The largest absolute Gasteiger partial charge is 0.497 e. The molecule has 4 nitrogen and oxygen atoms in total. The van der Waals surface area contributed by atoms with Gasteiger partial charge in [0, 0.05) is 6.08 Å². The minimum atomic E-state index is 0.277. The van der Waals surface area contributed by atoms with E-state index in [0.717, 1.165) is 17.1 Å². The van der Waals surface area contributed by atoms with Crippen LogP contribution in [0.4, 0.5) is 0 Å². The summed E-state index contributed by atoms with van der Waals surface area (Å²) in [6.07, 6.45) is 5.46. The SMILES string of the molecule is C=C(/C=C(/C=C/c1ccc2c(c1)OCO2)OC)OC. The van der Waals surface area contributed by atoms with E-state index in [0.29, 0.717) is 11.5 Å². The summed E-state index contributed by atoms with van der Waals surface area (Å²) < 4.78 is 20.8. The first-order valence-corrected chi connectivity index (χ1v) is 5.79. The van der Waals surface area contributed by atoms with Crippen LogP contribution in [0.25, 0.3) is 6.08 Å². The molecule has 0 atom stereocenters. The van der Waals surface area contributed by atoms with Crippen molar-refractivity contribution in [1.29, 1.82) is 0 Å². The van der Waals surface area contributed by atoms with Crippen molar-refractivity contribution in [3.63, 3.8) is 0 Å². The van der Waals surface area contributed by atoms with Gasteiger partial charge in [-0.25, -0.2) is 0 Å². The van der Waals surface area contributed by atoms with E-state index < -0.39 is 0 Å². The lowest BCUT2D eigenvalue weighted by atomic mass is 10.2. The van der Waals surface area contributed by atoms with Gasteiger partial charge in [-0.3, -0.25) is 0 Å². The van der Waals surface area contributed by atoms with E-state index in [-0.39, 0.29) is 6.79 Å². The van der Waals surface area contributed by atoms with Gasteiger partial charge in [0.25, 0.3) is 0 Å². The molecule has 0 saturated heterocycles. The molecule has 0 unspecified atom stereocenters. The van der Waals surface area contributed by atoms with E-state index in [1.54, 1.807) is 20.3 Å². The number of ether oxygens (including phenoxy) is 4. The molecular weight excluding hydrogens is 244 g/mol. The molecule has 0 N–H and O–H groups in total. The highest BCUT2D eigenvalue weighted by Crippen LogP contribution is 2.32. The highest BCUT2D eigenvalue weighted by Gasteiger charge is 2.12. The lowest BCUT2D eigenvalue weighted by Crippen LogP contribution is -1.92. The summed E-state index contributed by atoms with van der Waals surface area (Å²) in [7, 11) is 3.16. The van der Waals surface area contributed by atoms with Crippen LogP contribution >= 0.6 is 0 Å². The molecule has 100 valence electrons. The normalized spacial score (nSPS) is 13.7. The monoisotopic (exact) mass is 260 g/mol. The molecule has 0 saturated carbocycles. The lowest BCUT2D eigenvalue weighted by Gasteiger charge is -2.02. The molecule has 0 amide bonds. The van der Waals surface area contributed by atoms with Crippen LogP contribution in [0.2, 0.25) is 0 Å². The summed E-state index contributed by atoms with van der Waals surface area (Å²) in [5, 5.41) is 0. The van der Waals surface area contributed by atoms with Crippen molar-refractivity contribution in [2.45, 2.75) is 0 Å². The Morgan fingerprint density at radius 3 is 2.74 bits per heavy atom. The van der Waals surface area contributed by atoms with Crippen molar-refractivity contribution in [2.75, 3.05) is 21.0 Å². The Labute approximate surface area is 112 Å². The average Bonchev–Trinajstić information content (AvgIpc) is 2.90. The van der Waals surface area contributed by atoms with Gasteiger partial charge < -0.3 is 18.9 Å². The van der Waals surface area contributed by atoms with Gasteiger partial charge in [-0.15, -0.1) is 0 Å². The molecule has 0 radical (unpaired) electrons.